The van der Waals surface area contributed by atoms with Gasteiger partial charge in [0.25, 0.3) is 0 Å². The predicted molar refractivity (Wildman–Crippen MR) is 257 cm³/mol. The Kier molecular flexibility index (Phi) is 16.2. The van der Waals surface area contributed by atoms with Crippen LogP contribution in [0.15, 0.2) is 11.6 Å². The third-order valence-corrected chi connectivity index (χ3v) is 21.0. The normalized spacial score (nSPS) is 52.9. The number of carbonyl (C=O) groups excluding carboxylic acids is 1. The number of allylic oxidation sites excluding steroid dienone is 2. The molecule has 23 nitrogen and oxygen atoms in total. The van der Waals surface area contributed by atoms with Crippen LogP contribution in [0.3, 0.4) is 0 Å². The zero-order chi connectivity index (χ0) is 55.6. The van der Waals surface area contributed by atoms with Crippen molar-refractivity contribution in [1.82, 2.24) is 0 Å². The molecule has 76 heavy (non-hydrogen) atoms. The average Bonchev–Trinajstić information content (AvgIpc) is 3.54. The van der Waals surface area contributed by atoms with Crippen LogP contribution in [0.25, 0.3) is 0 Å². The van der Waals surface area contributed by atoms with E-state index in [1.807, 2.05) is 0 Å². The highest BCUT2D eigenvalue weighted by atomic mass is 16.8. The van der Waals surface area contributed by atoms with Gasteiger partial charge in [0.05, 0.1) is 31.3 Å². The zero-order valence-electron chi connectivity index (χ0n) is 44.4. The topological polar surface area (TPSA) is 371 Å². The molecule has 27 atom stereocenters. The number of aliphatic hydroxyl groups is 12. The average molecular weight is 1090 g/mol. The van der Waals surface area contributed by atoms with Crippen molar-refractivity contribution in [2.75, 3.05) is 19.8 Å². The van der Waals surface area contributed by atoms with Crippen molar-refractivity contribution >= 4 is 11.9 Å². The number of carbonyl (C=O) groups is 2. The number of carboxylic acids is 1. The van der Waals surface area contributed by atoms with Crippen molar-refractivity contribution in [2.45, 2.75) is 235 Å². The summed E-state index contributed by atoms with van der Waals surface area (Å²) in [6, 6.07) is 0. The van der Waals surface area contributed by atoms with Gasteiger partial charge in [0, 0.05) is 0 Å². The largest absolute Gasteiger partial charge is 0.479 e. The first-order valence-electron chi connectivity index (χ1n) is 27.2. The molecule has 5 aliphatic carbocycles. The second kappa shape index (κ2) is 21.0. The first-order chi connectivity index (χ1) is 35.5. The van der Waals surface area contributed by atoms with Gasteiger partial charge >= 0.3 is 11.9 Å². The Balaban J connectivity index is 0.983. The molecule has 4 saturated carbocycles. The molecule has 13 N–H and O–H groups in total. The Hall–Kier alpha value is -2.08. The van der Waals surface area contributed by atoms with Crippen molar-refractivity contribution < 1.29 is 114 Å². The number of ether oxygens (including phenoxy) is 8. The molecule has 4 saturated heterocycles. The quantitative estimate of drug-likeness (QED) is 0.0649. The standard InChI is InChI=1S/C53H84O23/c1-48(2)14-16-53(47(68)76-45-37(64)34(61)32(59)26(20-55)71-45)17-15-51(6)22(23(53)18-48)8-9-28-50(5)12-11-29(49(3,4)27(50)10-13-52(28,51)7)72-46-40(74-44-36(63)33(60)31(58)25(19-54)70-44)38(65)39(41(75-46)42(66)67)73-43-35(62)30(57)24(56)21-69-43/h8,23-41,43-46,54-65H,9-21H2,1-7H3,(H,66,67)/t23-,24+,25+,26+,27-,28+,29-,30-,31-,32+,33-,34-,35+,36+,37+,38-,39-,40+,41-,43-,44-,45-,46+,50-,51+,52+,53-/m0/s1. The highest BCUT2D eigenvalue weighted by molar-refractivity contribution is 5.79. The maximum atomic E-state index is 14.8. The maximum absolute atomic E-state index is 14.8. The third-order valence-electron chi connectivity index (χ3n) is 21.0. The Morgan fingerprint density at radius 3 is 1.83 bits per heavy atom. The van der Waals surface area contributed by atoms with E-state index in [2.05, 4.69) is 54.5 Å². The Bertz CT molecular complexity index is 2140. The number of aliphatic hydroxyl groups excluding tert-OH is 12. The number of hydrogen-bond donors (Lipinski definition) is 13. The second-order valence-corrected chi connectivity index (χ2v) is 25.9. The molecule has 0 unspecified atom stereocenters. The molecule has 8 fully saturated rings. The molecule has 0 radical (unpaired) electrons. The minimum atomic E-state index is -2.03. The zero-order valence-corrected chi connectivity index (χ0v) is 44.4. The number of carboxylic acid groups (broad SMARTS) is 1. The second-order valence-electron chi connectivity index (χ2n) is 25.9. The van der Waals surface area contributed by atoms with E-state index in [0.29, 0.717) is 38.5 Å². The molecular formula is C53H84O23. The lowest BCUT2D eigenvalue weighted by molar-refractivity contribution is -0.387. The SMILES string of the molecule is CC1(C)CC[C@]2(C(=O)O[C@@H]3O[C@H](CO)[C@@H](O)[C@H](O)[C@H]3O)CC[C@]3(C)C(=CC[C@@H]4[C@@]5(C)CC[C@H](O[C@@H]6O[C@H](C(=O)O)[C@@H](O[C@@H]7OC[C@@H](O)[C@H](O)[C@H]7O)[C@H](O)[C@H]6O[C@@H]6O[C@H](CO)[C@H](O)[C@H](O)[C@H]6O)C(C)(C)[C@@H]5CC[C@]43C)[C@@H]2C1. The van der Waals surface area contributed by atoms with E-state index in [1.54, 1.807) is 0 Å². The summed E-state index contributed by atoms with van der Waals surface area (Å²) in [5.41, 5.74) is -1.40. The molecule has 0 aromatic rings. The number of rotatable bonds is 11. The Morgan fingerprint density at radius 2 is 1.20 bits per heavy atom. The van der Waals surface area contributed by atoms with Crippen LogP contribution in [-0.4, -0.2) is 221 Å². The molecule has 0 bridgehead atoms. The summed E-state index contributed by atoms with van der Waals surface area (Å²) in [6.07, 6.45) is -24.8. The fourth-order valence-corrected chi connectivity index (χ4v) is 16.2. The summed E-state index contributed by atoms with van der Waals surface area (Å²) < 4.78 is 47.7. The van der Waals surface area contributed by atoms with Gasteiger partial charge in [-0.3, -0.25) is 4.79 Å². The summed E-state index contributed by atoms with van der Waals surface area (Å²) in [4.78, 5) is 27.8. The fourth-order valence-electron chi connectivity index (χ4n) is 16.2. The van der Waals surface area contributed by atoms with E-state index in [9.17, 15) is 76.0 Å². The molecule has 9 rings (SSSR count). The lowest BCUT2D eigenvalue weighted by atomic mass is 9.33. The van der Waals surface area contributed by atoms with E-state index < -0.39 is 165 Å². The summed E-state index contributed by atoms with van der Waals surface area (Å²) >= 11 is 0. The van der Waals surface area contributed by atoms with Gasteiger partial charge in [0.15, 0.2) is 25.0 Å². The van der Waals surface area contributed by atoms with Gasteiger partial charge in [0.1, 0.15) is 85.5 Å². The van der Waals surface area contributed by atoms with Crippen LogP contribution < -0.4 is 0 Å². The Morgan fingerprint density at radius 1 is 0.605 bits per heavy atom. The number of aliphatic carboxylic acids is 1. The predicted octanol–water partition coefficient (Wildman–Crippen LogP) is -1.30. The molecule has 9 aliphatic rings. The van der Waals surface area contributed by atoms with Crippen molar-refractivity contribution in [2.24, 2.45) is 50.2 Å². The maximum Gasteiger partial charge on any atom is 0.335 e. The van der Waals surface area contributed by atoms with Crippen LogP contribution in [0.5, 0.6) is 0 Å². The van der Waals surface area contributed by atoms with Crippen molar-refractivity contribution in [3.8, 4) is 0 Å². The molecule has 0 spiro atoms. The summed E-state index contributed by atoms with van der Waals surface area (Å²) in [7, 11) is 0. The molecule has 0 amide bonds. The van der Waals surface area contributed by atoms with E-state index in [4.69, 9.17) is 37.9 Å². The number of fused-ring (bicyclic) bond motifs is 7. The van der Waals surface area contributed by atoms with Crippen LogP contribution in [-0.2, 0) is 47.5 Å². The van der Waals surface area contributed by atoms with Gasteiger partial charge in [0.2, 0.25) is 6.29 Å². The molecule has 4 aliphatic heterocycles. The van der Waals surface area contributed by atoms with Crippen LogP contribution in [0, 0.1) is 50.2 Å². The van der Waals surface area contributed by atoms with E-state index in [0.717, 1.165) is 25.7 Å². The molecule has 434 valence electrons. The van der Waals surface area contributed by atoms with E-state index in [-0.39, 0.29) is 39.4 Å². The Labute approximate surface area is 442 Å². The number of hydrogen-bond acceptors (Lipinski definition) is 22. The van der Waals surface area contributed by atoms with Gasteiger partial charge in [-0.05, 0) is 109 Å². The van der Waals surface area contributed by atoms with Gasteiger partial charge < -0.3 is 104 Å². The number of esters is 1. The van der Waals surface area contributed by atoms with Crippen molar-refractivity contribution in [3.05, 3.63) is 11.6 Å². The molecule has 4 heterocycles. The third kappa shape index (κ3) is 9.42. The summed E-state index contributed by atoms with van der Waals surface area (Å²) in [6.45, 7) is 13.7. The van der Waals surface area contributed by atoms with Crippen LogP contribution in [0.4, 0.5) is 0 Å². The molecular weight excluding hydrogens is 1000 g/mol. The minimum Gasteiger partial charge on any atom is -0.479 e. The molecule has 23 heteroatoms. The summed E-state index contributed by atoms with van der Waals surface area (Å²) in [5, 5.41) is 138. The lowest BCUT2D eigenvalue weighted by Crippen LogP contribution is -2.68. The van der Waals surface area contributed by atoms with Gasteiger partial charge in [-0.25, -0.2) is 4.79 Å². The van der Waals surface area contributed by atoms with Crippen LogP contribution >= 0.6 is 0 Å². The molecule has 0 aromatic heterocycles. The van der Waals surface area contributed by atoms with Crippen molar-refractivity contribution in [1.29, 1.82) is 0 Å². The minimum absolute atomic E-state index is 0.0107. The van der Waals surface area contributed by atoms with Crippen LogP contribution in [0.1, 0.15) is 113 Å². The van der Waals surface area contributed by atoms with Gasteiger partial charge in [-0.15, -0.1) is 0 Å². The fraction of sp³-hybridized carbons (Fsp3) is 0.925. The van der Waals surface area contributed by atoms with Gasteiger partial charge in [-0.2, -0.15) is 0 Å². The smallest absolute Gasteiger partial charge is 0.335 e. The van der Waals surface area contributed by atoms with Gasteiger partial charge in [-0.1, -0.05) is 60.1 Å². The highest BCUT2D eigenvalue weighted by Crippen LogP contribution is 2.76. The monoisotopic (exact) mass is 1090 g/mol. The van der Waals surface area contributed by atoms with E-state index >= 15 is 0 Å². The summed E-state index contributed by atoms with van der Waals surface area (Å²) in [5.74, 6) is -2.19. The lowest BCUT2D eigenvalue weighted by Gasteiger charge is -2.71. The van der Waals surface area contributed by atoms with Crippen molar-refractivity contribution in [3.63, 3.8) is 0 Å². The van der Waals surface area contributed by atoms with E-state index in [1.165, 1.54) is 5.57 Å². The highest BCUT2D eigenvalue weighted by Gasteiger charge is 2.70. The molecule has 0 aromatic carbocycles. The first-order valence-corrected chi connectivity index (χ1v) is 27.2. The first kappa shape index (κ1) is 58.6. The van der Waals surface area contributed by atoms with Crippen LogP contribution in [0.2, 0.25) is 0 Å².